The van der Waals surface area contributed by atoms with Gasteiger partial charge >= 0.3 is 0 Å². The lowest BCUT2D eigenvalue weighted by Gasteiger charge is -2.49. The topological polar surface area (TPSA) is 84.2 Å². The van der Waals surface area contributed by atoms with Gasteiger partial charge < -0.3 is 9.67 Å². The lowest BCUT2D eigenvalue weighted by molar-refractivity contribution is -0.0645. The molecular formula is C10H17N3O3S. The van der Waals surface area contributed by atoms with E-state index in [1.54, 1.807) is 11.6 Å². The molecule has 1 fully saturated rings. The van der Waals surface area contributed by atoms with Crippen molar-refractivity contribution in [3.8, 4) is 0 Å². The van der Waals surface area contributed by atoms with Crippen molar-refractivity contribution in [2.45, 2.75) is 37.4 Å². The summed E-state index contributed by atoms with van der Waals surface area (Å²) in [6.45, 7) is 3.68. The molecule has 2 unspecified atom stereocenters. The Balaban J connectivity index is 2.15. The molecule has 1 aliphatic carbocycles. The Morgan fingerprint density at radius 2 is 2.24 bits per heavy atom. The van der Waals surface area contributed by atoms with Gasteiger partial charge in [-0.2, -0.15) is 0 Å². The number of hydrogen-bond donors (Lipinski definition) is 2. The van der Waals surface area contributed by atoms with Crippen LogP contribution in [0, 0.1) is 5.41 Å². The molecule has 2 N–H and O–H groups in total. The van der Waals surface area contributed by atoms with Crippen molar-refractivity contribution in [1.29, 1.82) is 0 Å². The van der Waals surface area contributed by atoms with E-state index >= 15 is 0 Å². The summed E-state index contributed by atoms with van der Waals surface area (Å²) in [5.74, 6) is 0. The number of imidazole rings is 1. The molecule has 2 rings (SSSR count). The van der Waals surface area contributed by atoms with E-state index in [1.807, 2.05) is 13.8 Å². The molecule has 6 nitrogen and oxygen atoms in total. The normalized spacial score (nSPS) is 27.8. The minimum atomic E-state index is -3.59. The highest BCUT2D eigenvalue weighted by molar-refractivity contribution is 7.89. The highest BCUT2D eigenvalue weighted by Crippen LogP contribution is 2.40. The van der Waals surface area contributed by atoms with Crippen molar-refractivity contribution in [1.82, 2.24) is 14.3 Å². The third-order valence-electron chi connectivity index (χ3n) is 3.47. The Kier molecular flexibility index (Phi) is 2.80. The van der Waals surface area contributed by atoms with Crippen LogP contribution >= 0.6 is 0 Å². The molecule has 0 aliphatic heterocycles. The summed E-state index contributed by atoms with van der Waals surface area (Å²) in [5, 5.41) is 9.57. The van der Waals surface area contributed by atoms with Crippen LogP contribution in [0.5, 0.6) is 0 Å². The number of sulfonamides is 1. The lowest BCUT2D eigenvalue weighted by Crippen LogP contribution is -2.61. The Labute approximate surface area is 101 Å². The highest BCUT2D eigenvalue weighted by atomic mass is 32.2. The molecule has 7 heteroatoms. The molecule has 1 saturated carbocycles. The fourth-order valence-corrected chi connectivity index (χ4v) is 3.26. The van der Waals surface area contributed by atoms with Gasteiger partial charge in [0.1, 0.15) is 0 Å². The van der Waals surface area contributed by atoms with Crippen LogP contribution in [0.15, 0.2) is 17.6 Å². The number of nitrogens with one attached hydrogen (secondary N) is 1. The third-order valence-corrected chi connectivity index (χ3v) is 4.83. The number of aliphatic hydroxyl groups excluding tert-OH is 1. The first kappa shape index (κ1) is 12.5. The summed E-state index contributed by atoms with van der Waals surface area (Å²) in [7, 11) is -1.88. The van der Waals surface area contributed by atoms with E-state index in [0.717, 1.165) is 0 Å². The molecule has 0 saturated heterocycles. The molecular weight excluding hydrogens is 242 g/mol. The fraction of sp³-hybridized carbons (Fsp3) is 0.700. The van der Waals surface area contributed by atoms with E-state index in [9.17, 15) is 13.5 Å². The Morgan fingerprint density at radius 3 is 2.65 bits per heavy atom. The molecule has 0 radical (unpaired) electrons. The van der Waals surface area contributed by atoms with E-state index in [4.69, 9.17) is 0 Å². The van der Waals surface area contributed by atoms with Crippen molar-refractivity contribution < 1.29 is 13.5 Å². The SMILES string of the molecule is Cn1cnc(S(=O)(=O)NC2CC(O)C2(C)C)c1. The smallest absolute Gasteiger partial charge is 0.259 e. The zero-order valence-corrected chi connectivity index (χ0v) is 10.9. The maximum Gasteiger partial charge on any atom is 0.259 e. The van der Waals surface area contributed by atoms with Crippen LogP contribution in [0.4, 0.5) is 0 Å². The van der Waals surface area contributed by atoms with E-state index in [-0.39, 0.29) is 11.1 Å². The van der Waals surface area contributed by atoms with Gasteiger partial charge in [-0.1, -0.05) is 13.8 Å². The van der Waals surface area contributed by atoms with E-state index in [0.29, 0.717) is 6.42 Å². The van der Waals surface area contributed by atoms with Crippen LogP contribution in [-0.2, 0) is 17.1 Å². The van der Waals surface area contributed by atoms with Crippen LogP contribution in [0.1, 0.15) is 20.3 Å². The van der Waals surface area contributed by atoms with Gasteiger partial charge in [0, 0.05) is 24.7 Å². The summed E-state index contributed by atoms with van der Waals surface area (Å²) in [4.78, 5) is 3.82. The van der Waals surface area contributed by atoms with Gasteiger partial charge in [-0.15, -0.1) is 0 Å². The molecule has 0 bridgehead atoms. The largest absolute Gasteiger partial charge is 0.392 e. The predicted octanol–water partition coefficient (Wildman–Crippen LogP) is -0.142. The second kappa shape index (κ2) is 3.79. The highest BCUT2D eigenvalue weighted by Gasteiger charge is 2.49. The summed E-state index contributed by atoms with van der Waals surface area (Å²) < 4.78 is 28.1. The first-order valence-corrected chi connectivity index (χ1v) is 6.90. The molecule has 96 valence electrons. The molecule has 1 heterocycles. The van der Waals surface area contributed by atoms with Gasteiger partial charge in [0.05, 0.1) is 12.4 Å². The minimum Gasteiger partial charge on any atom is -0.392 e. The minimum absolute atomic E-state index is 0.0113. The van der Waals surface area contributed by atoms with Crippen LogP contribution in [0.2, 0.25) is 0 Å². The Morgan fingerprint density at radius 1 is 1.59 bits per heavy atom. The van der Waals surface area contributed by atoms with Gasteiger partial charge in [-0.05, 0) is 6.42 Å². The van der Waals surface area contributed by atoms with Crippen molar-refractivity contribution in [2.24, 2.45) is 12.5 Å². The maximum absolute atomic E-state index is 12.0. The first-order chi connectivity index (χ1) is 7.73. The molecule has 0 spiro atoms. The molecule has 0 amide bonds. The number of nitrogens with zero attached hydrogens (tertiary/aromatic N) is 2. The Bertz CT molecular complexity index is 521. The molecule has 1 aromatic heterocycles. The predicted molar refractivity (Wildman–Crippen MR) is 61.7 cm³/mol. The lowest BCUT2D eigenvalue weighted by atomic mass is 9.65. The molecule has 1 aliphatic rings. The Hall–Kier alpha value is -0.920. The zero-order chi connectivity index (χ0) is 12.8. The first-order valence-electron chi connectivity index (χ1n) is 5.42. The van der Waals surface area contributed by atoms with E-state index < -0.39 is 21.5 Å². The van der Waals surface area contributed by atoms with Gasteiger partial charge in [0.2, 0.25) is 0 Å². The number of hydrogen-bond acceptors (Lipinski definition) is 4. The molecule has 2 atom stereocenters. The van der Waals surface area contributed by atoms with Gasteiger partial charge in [-0.3, -0.25) is 0 Å². The summed E-state index contributed by atoms with van der Waals surface area (Å²) in [5.41, 5.74) is -0.429. The van der Waals surface area contributed by atoms with Crippen LogP contribution in [0.25, 0.3) is 0 Å². The standard InChI is InChI=1S/C10H17N3O3S/c1-10(2)7(4-8(10)14)12-17(15,16)9-5-13(3)6-11-9/h5-8,12,14H,4H2,1-3H3. The molecule has 1 aromatic rings. The van der Waals surface area contributed by atoms with Gasteiger partial charge in [0.25, 0.3) is 10.0 Å². The van der Waals surface area contributed by atoms with Crippen LogP contribution < -0.4 is 4.72 Å². The van der Waals surface area contributed by atoms with Crippen molar-refractivity contribution in [2.75, 3.05) is 0 Å². The van der Waals surface area contributed by atoms with Gasteiger partial charge in [-0.25, -0.2) is 18.1 Å². The van der Waals surface area contributed by atoms with E-state index in [2.05, 4.69) is 9.71 Å². The average molecular weight is 259 g/mol. The summed E-state index contributed by atoms with van der Waals surface area (Å²) in [6, 6.07) is -0.246. The maximum atomic E-state index is 12.0. The second-order valence-electron chi connectivity index (χ2n) is 5.12. The van der Waals surface area contributed by atoms with Gasteiger partial charge in [0.15, 0.2) is 5.03 Å². The van der Waals surface area contributed by atoms with Crippen molar-refractivity contribution in [3.63, 3.8) is 0 Å². The quantitative estimate of drug-likeness (QED) is 0.791. The van der Waals surface area contributed by atoms with Crippen LogP contribution in [0.3, 0.4) is 0 Å². The summed E-state index contributed by atoms with van der Waals surface area (Å²) >= 11 is 0. The summed E-state index contributed by atoms with van der Waals surface area (Å²) in [6.07, 6.45) is 2.87. The third kappa shape index (κ3) is 2.10. The monoisotopic (exact) mass is 259 g/mol. The fourth-order valence-electron chi connectivity index (χ4n) is 1.88. The second-order valence-corrected chi connectivity index (χ2v) is 6.78. The average Bonchev–Trinajstić information content (AvgIpc) is 2.65. The van der Waals surface area contributed by atoms with Crippen molar-refractivity contribution >= 4 is 10.0 Å². The number of aryl methyl sites for hydroxylation is 1. The molecule has 0 aromatic carbocycles. The zero-order valence-electron chi connectivity index (χ0n) is 10.1. The van der Waals surface area contributed by atoms with E-state index in [1.165, 1.54) is 12.5 Å². The van der Waals surface area contributed by atoms with Crippen LogP contribution in [-0.4, -0.2) is 35.2 Å². The van der Waals surface area contributed by atoms with Crippen molar-refractivity contribution in [3.05, 3.63) is 12.5 Å². The number of rotatable bonds is 3. The number of aliphatic hydroxyl groups is 1. The molecule has 17 heavy (non-hydrogen) atoms. The number of aromatic nitrogens is 2.